The van der Waals surface area contributed by atoms with E-state index in [2.05, 4.69) is 4.90 Å². The number of hydrogen-bond donors (Lipinski definition) is 0. The number of methoxy groups -OCH3 is 1. The van der Waals surface area contributed by atoms with Crippen molar-refractivity contribution in [1.29, 1.82) is 0 Å². The van der Waals surface area contributed by atoms with Crippen molar-refractivity contribution in [1.82, 2.24) is 4.90 Å². The lowest BCUT2D eigenvalue weighted by Crippen LogP contribution is -2.44. The molecule has 0 N–H and O–H groups in total. The third-order valence-electron chi connectivity index (χ3n) is 3.01. The van der Waals surface area contributed by atoms with Crippen LogP contribution < -0.4 is 0 Å². The maximum Gasteiger partial charge on any atom is 0.341 e. The predicted molar refractivity (Wildman–Crippen MR) is 65.3 cm³/mol. The Labute approximate surface area is 107 Å². The second kappa shape index (κ2) is 5.54. The maximum atomic E-state index is 11.5. The number of rotatable bonds is 3. The van der Waals surface area contributed by atoms with Gasteiger partial charge in [-0.05, 0) is 19.9 Å². The van der Waals surface area contributed by atoms with Crippen LogP contribution in [-0.4, -0.2) is 43.3 Å². The van der Waals surface area contributed by atoms with Gasteiger partial charge in [0.15, 0.2) is 0 Å². The zero-order valence-corrected chi connectivity index (χ0v) is 11.0. The summed E-state index contributed by atoms with van der Waals surface area (Å²) in [6, 6.07) is 1.65. The Balaban J connectivity index is 2.05. The molecule has 1 fully saturated rings. The van der Waals surface area contributed by atoms with Gasteiger partial charge in [0.2, 0.25) is 0 Å². The van der Waals surface area contributed by atoms with Crippen molar-refractivity contribution in [2.24, 2.45) is 0 Å². The Morgan fingerprint density at radius 3 is 2.72 bits per heavy atom. The molecule has 1 aromatic rings. The average Bonchev–Trinajstić information content (AvgIpc) is 2.74. The van der Waals surface area contributed by atoms with Gasteiger partial charge in [0, 0.05) is 13.1 Å². The van der Waals surface area contributed by atoms with E-state index >= 15 is 0 Å². The quantitative estimate of drug-likeness (QED) is 0.767. The molecule has 2 rings (SSSR count). The van der Waals surface area contributed by atoms with Gasteiger partial charge in [0.1, 0.15) is 11.3 Å². The SMILES string of the molecule is COC(=O)c1ccoc1CN1C[C@@H](C)O[C@H](C)C1. The zero-order valence-electron chi connectivity index (χ0n) is 11.0. The molecule has 1 aromatic heterocycles. The van der Waals surface area contributed by atoms with Crippen molar-refractivity contribution in [3.8, 4) is 0 Å². The second-order valence-corrected chi connectivity index (χ2v) is 4.70. The molecule has 2 heterocycles. The van der Waals surface area contributed by atoms with Crippen molar-refractivity contribution in [3.05, 3.63) is 23.7 Å². The van der Waals surface area contributed by atoms with E-state index in [1.807, 2.05) is 13.8 Å². The number of carbonyl (C=O) groups is 1. The van der Waals surface area contributed by atoms with Crippen LogP contribution in [0.25, 0.3) is 0 Å². The zero-order chi connectivity index (χ0) is 13.1. The molecule has 0 saturated carbocycles. The Morgan fingerprint density at radius 1 is 1.44 bits per heavy atom. The normalized spacial score (nSPS) is 25.1. The van der Waals surface area contributed by atoms with Crippen LogP contribution in [0, 0.1) is 0 Å². The first-order valence-electron chi connectivity index (χ1n) is 6.12. The van der Waals surface area contributed by atoms with Gasteiger partial charge in [0.25, 0.3) is 0 Å². The van der Waals surface area contributed by atoms with Crippen molar-refractivity contribution in [2.75, 3.05) is 20.2 Å². The molecule has 0 aliphatic carbocycles. The van der Waals surface area contributed by atoms with Crippen LogP contribution >= 0.6 is 0 Å². The van der Waals surface area contributed by atoms with E-state index < -0.39 is 0 Å². The lowest BCUT2D eigenvalue weighted by Gasteiger charge is -2.34. The number of ether oxygens (including phenoxy) is 2. The Hall–Kier alpha value is -1.33. The summed E-state index contributed by atoms with van der Waals surface area (Å²) >= 11 is 0. The van der Waals surface area contributed by atoms with Crippen LogP contribution in [0.2, 0.25) is 0 Å². The Morgan fingerprint density at radius 2 is 2.11 bits per heavy atom. The van der Waals surface area contributed by atoms with Crippen LogP contribution in [-0.2, 0) is 16.0 Å². The molecule has 0 spiro atoms. The lowest BCUT2D eigenvalue weighted by atomic mass is 10.2. The highest BCUT2D eigenvalue weighted by Crippen LogP contribution is 2.18. The third kappa shape index (κ3) is 2.91. The molecule has 100 valence electrons. The van der Waals surface area contributed by atoms with Gasteiger partial charge in [-0.25, -0.2) is 4.79 Å². The summed E-state index contributed by atoms with van der Waals surface area (Å²) in [7, 11) is 1.37. The van der Waals surface area contributed by atoms with E-state index in [1.54, 1.807) is 6.07 Å². The van der Waals surface area contributed by atoms with Crippen molar-refractivity contribution in [2.45, 2.75) is 32.6 Å². The largest absolute Gasteiger partial charge is 0.467 e. The van der Waals surface area contributed by atoms with Gasteiger partial charge in [0.05, 0.1) is 32.1 Å². The van der Waals surface area contributed by atoms with Gasteiger partial charge in [-0.1, -0.05) is 0 Å². The first-order chi connectivity index (χ1) is 8.60. The highest BCUT2D eigenvalue weighted by Gasteiger charge is 2.25. The minimum Gasteiger partial charge on any atom is -0.467 e. The molecule has 5 heteroatoms. The number of nitrogens with zero attached hydrogens (tertiary/aromatic N) is 1. The predicted octanol–water partition coefficient (Wildman–Crippen LogP) is 1.68. The monoisotopic (exact) mass is 253 g/mol. The number of carbonyl (C=O) groups excluding carboxylic acids is 1. The molecule has 0 bridgehead atoms. The van der Waals surface area contributed by atoms with Gasteiger partial charge >= 0.3 is 5.97 Å². The van der Waals surface area contributed by atoms with Gasteiger partial charge < -0.3 is 13.9 Å². The molecule has 0 aromatic carbocycles. The number of hydrogen-bond acceptors (Lipinski definition) is 5. The van der Waals surface area contributed by atoms with Crippen LogP contribution in [0.3, 0.4) is 0 Å². The molecule has 1 aliphatic rings. The van der Waals surface area contributed by atoms with E-state index in [-0.39, 0.29) is 18.2 Å². The number of furan rings is 1. The Bertz CT molecular complexity index is 405. The van der Waals surface area contributed by atoms with E-state index in [0.29, 0.717) is 17.9 Å². The van der Waals surface area contributed by atoms with Crippen molar-refractivity contribution in [3.63, 3.8) is 0 Å². The lowest BCUT2D eigenvalue weighted by molar-refractivity contribution is -0.0718. The van der Waals surface area contributed by atoms with E-state index in [0.717, 1.165) is 13.1 Å². The van der Waals surface area contributed by atoms with Gasteiger partial charge in [-0.3, -0.25) is 4.90 Å². The topological polar surface area (TPSA) is 51.9 Å². The highest BCUT2D eigenvalue weighted by atomic mass is 16.5. The smallest absolute Gasteiger partial charge is 0.341 e. The molecule has 1 saturated heterocycles. The second-order valence-electron chi connectivity index (χ2n) is 4.70. The first kappa shape index (κ1) is 13.1. The fraction of sp³-hybridized carbons (Fsp3) is 0.615. The number of morpholine rings is 1. The van der Waals surface area contributed by atoms with Crippen LogP contribution in [0.5, 0.6) is 0 Å². The fourth-order valence-electron chi connectivity index (χ4n) is 2.37. The average molecular weight is 253 g/mol. The summed E-state index contributed by atoms with van der Waals surface area (Å²) in [6.07, 6.45) is 1.92. The minimum atomic E-state index is -0.354. The van der Waals surface area contributed by atoms with Gasteiger partial charge in [-0.2, -0.15) is 0 Å². The molecule has 0 unspecified atom stereocenters. The van der Waals surface area contributed by atoms with Crippen molar-refractivity contribution >= 4 is 5.97 Å². The van der Waals surface area contributed by atoms with Crippen LogP contribution in [0.15, 0.2) is 16.7 Å². The first-order valence-corrected chi connectivity index (χ1v) is 6.12. The van der Waals surface area contributed by atoms with E-state index in [9.17, 15) is 4.79 Å². The maximum absolute atomic E-state index is 11.5. The summed E-state index contributed by atoms with van der Waals surface area (Å²) in [5.41, 5.74) is 0.504. The molecule has 1 aliphatic heterocycles. The summed E-state index contributed by atoms with van der Waals surface area (Å²) in [5.74, 6) is 0.302. The fourth-order valence-corrected chi connectivity index (χ4v) is 2.37. The molecule has 18 heavy (non-hydrogen) atoms. The molecular formula is C13H19NO4. The molecular weight excluding hydrogens is 234 g/mol. The minimum absolute atomic E-state index is 0.199. The standard InChI is InChI=1S/C13H19NO4/c1-9-6-14(7-10(2)18-9)8-12-11(4-5-17-12)13(15)16-3/h4-5,9-10H,6-8H2,1-3H3/t9-,10-/m1/s1. The molecule has 0 amide bonds. The summed E-state index contributed by atoms with van der Waals surface area (Å²) < 4.78 is 15.8. The summed E-state index contributed by atoms with van der Waals surface area (Å²) in [4.78, 5) is 13.8. The highest BCUT2D eigenvalue weighted by molar-refractivity contribution is 5.90. The van der Waals surface area contributed by atoms with Crippen LogP contribution in [0.4, 0.5) is 0 Å². The van der Waals surface area contributed by atoms with Gasteiger partial charge in [-0.15, -0.1) is 0 Å². The summed E-state index contributed by atoms with van der Waals surface area (Å²) in [6.45, 7) is 6.38. The Kier molecular flexibility index (Phi) is 4.04. The third-order valence-corrected chi connectivity index (χ3v) is 3.01. The molecule has 2 atom stereocenters. The van der Waals surface area contributed by atoms with Crippen molar-refractivity contribution < 1.29 is 18.7 Å². The number of esters is 1. The van der Waals surface area contributed by atoms with E-state index in [4.69, 9.17) is 13.9 Å². The van der Waals surface area contributed by atoms with Crippen LogP contribution in [0.1, 0.15) is 30.0 Å². The molecule has 0 radical (unpaired) electrons. The van der Waals surface area contributed by atoms with E-state index in [1.165, 1.54) is 13.4 Å². The molecule has 5 nitrogen and oxygen atoms in total. The summed E-state index contributed by atoms with van der Waals surface area (Å²) in [5, 5.41) is 0.